The first kappa shape index (κ1) is 9.61. The van der Waals surface area contributed by atoms with Crippen molar-refractivity contribution >= 4 is 29.3 Å². The van der Waals surface area contributed by atoms with Gasteiger partial charge >= 0.3 is 5.97 Å². The zero-order valence-corrected chi connectivity index (χ0v) is 7.45. The number of carboxylic acid groups (broad SMARTS) is 1. The molecule has 68 valence electrons. The lowest BCUT2D eigenvalue weighted by Gasteiger charge is -1.99. The molecular formula is C9H8ClNO2. The number of rotatable bonds is 2. The summed E-state index contributed by atoms with van der Waals surface area (Å²) >= 11 is 5.70. The quantitative estimate of drug-likeness (QED) is 0.563. The molecule has 1 aromatic rings. The molecule has 0 aliphatic rings. The van der Waals surface area contributed by atoms with Gasteiger partial charge in [-0.25, -0.2) is 4.79 Å². The van der Waals surface area contributed by atoms with Crippen LogP contribution in [0.25, 0.3) is 6.08 Å². The van der Waals surface area contributed by atoms with E-state index in [0.29, 0.717) is 16.3 Å². The second-order valence-corrected chi connectivity index (χ2v) is 2.88. The lowest BCUT2D eigenvalue weighted by molar-refractivity contribution is -0.131. The van der Waals surface area contributed by atoms with E-state index in [1.54, 1.807) is 18.2 Å². The van der Waals surface area contributed by atoms with Crippen LogP contribution in [0.5, 0.6) is 0 Å². The van der Waals surface area contributed by atoms with Crippen molar-refractivity contribution in [2.45, 2.75) is 0 Å². The average Bonchev–Trinajstić information content (AvgIpc) is 2.06. The molecule has 13 heavy (non-hydrogen) atoms. The van der Waals surface area contributed by atoms with Crippen LogP contribution in [-0.4, -0.2) is 11.1 Å². The topological polar surface area (TPSA) is 63.3 Å². The first-order valence-corrected chi connectivity index (χ1v) is 3.93. The largest absolute Gasteiger partial charge is 0.478 e. The molecule has 0 unspecified atom stereocenters. The van der Waals surface area contributed by atoms with E-state index in [0.717, 1.165) is 6.08 Å². The molecule has 0 spiro atoms. The number of aliphatic carboxylic acids is 1. The van der Waals surface area contributed by atoms with E-state index in [-0.39, 0.29) is 0 Å². The molecule has 0 amide bonds. The average molecular weight is 198 g/mol. The van der Waals surface area contributed by atoms with Crippen LogP contribution < -0.4 is 5.73 Å². The number of halogens is 1. The van der Waals surface area contributed by atoms with Gasteiger partial charge in [-0.15, -0.1) is 0 Å². The molecule has 0 heterocycles. The molecule has 0 saturated carbocycles. The first-order chi connectivity index (χ1) is 6.09. The monoisotopic (exact) mass is 197 g/mol. The highest BCUT2D eigenvalue weighted by atomic mass is 35.5. The molecular weight excluding hydrogens is 190 g/mol. The Morgan fingerprint density at radius 1 is 1.54 bits per heavy atom. The van der Waals surface area contributed by atoms with Crippen LogP contribution in [-0.2, 0) is 4.79 Å². The highest BCUT2D eigenvalue weighted by Crippen LogP contribution is 2.18. The van der Waals surface area contributed by atoms with Crippen LogP contribution in [0, 0.1) is 0 Å². The molecule has 1 rings (SSSR count). The van der Waals surface area contributed by atoms with Crippen molar-refractivity contribution in [2.75, 3.05) is 5.73 Å². The lowest BCUT2D eigenvalue weighted by Crippen LogP contribution is -1.90. The molecule has 0 bridgehead atoms. The van der Waals surface area contributed by atoms with Gasteiger partial charge in [0.1, 0.15) is 0 Å². The third-order valence-corrected chi connectivity index (χ3v) is 1.69. The fourth-order valence-electron chi connectivity index (χ4n) is 0.851. The van der Waals surface area contributed by atoms with E-state index < -0.39 is 5.97 Å². The van der Waals surface area contributed by atoms with Crippen molar-refractivity contribution in [1.29, 1.82) is 0 Å². The van der Waals surface area contributed by atoms with Crippen LogP contribution in [0.3, 0.4) is 0 Å². The summed E-state index contributed by atoms with van der Waals surface area (Å²) in [5, 5.41) is 8.90. The number of nitrogens with two attached hydrogens (primary N) is 1. The number of nitrogen functional groups attached to an aromatic ring is 1. The van der Waals surface area contributed by atoms with Gasteiger partial charge in [0.05, 0.1) is 0 Å². The molecule has 4 heteroatoms. The zero-order valence-electron chi connectivity index (χ0n) is 6.70. The highest BCUT2D eigenvalue weighted by molar-refractivity contribution is 6.30. The molecule has 0 aromatic heterocycles. The van der Waals surface area contributed by atoms with Crippen molar-refractivity contribution in [1.82, 2.24) is 0 Å². The van der Waals surface area contributed by atoms with E-state index in [1.165, 1.54) is 6.08 Å². The van der Waals surface area contributed by atoms with Gasteiger partial charge in [0.2, 0.25) is 0 Å². The Morgan fingerprint density at radius 2 is 2.23 bits per heavy atom. The molecule has 1 aromatic carbocycles. The van der Waals surface area contributed by atoms with Gasteiger partial charge in [-0.05, 0) is 29.8 Å². The Kier molecular flexibility index (Phi) is 2.93. The zero-order chi connectivity index (χ0) is 9.84. The van der Waals surface area contributed by atoms with Crippen molar-refractivity contribution < 1.29 is 9.90 Å². The van der Waals surface area contributed by atoms with Crippen LogP contribution in [0.1, 0.15) is 5.56 Å². The molecule has 0 atom stereocenters. The molecule has 0 radical (unpaired) electrons. The molecule has 0 aliphatic carbocycles. The van der Waals surface area contributed by atoms with E-state index in [2.05, 4.69) is 0 Å². The first-order valence-electron chi connectivity index (χ1n) is 3.55. The van der Waals surface area contributed by atoms with Crippen molar-refractivity contribution in [2.24, 2.45) is 0 Å². The predicted octanol–water partition coefficient (Wildman–Crippen LogP) is 2.02. The van der Waals surface area contributed by atoms with E-state index in [1.807, 2.05) is 0 Å². The summed E-state index contributed by atoms with van der Waals surface area (Å²) in [4.78, 5) is 10.2. The summed E-state index contributed by atoms with van der Waals surface area (Å²) in [6.07, 6.45) is 2.42. The maximum Gasteiger partial charge on any atom is 0.328 e. The molecule has 3 nitrogen and oxygen atoms in total. The van der Waals surface area contributed by atoms with Gasteiger partial charge in [-0.1, -0.05) is 11.6 Å². The normalized spacial score (nSPS) is 10.5. The Balaban J connectivity index is 3.00. The second kappa shape index (κ2) is 3.96. The van der Waals surface area contributed by atoms with E-state index in [9.17, 15) is 4.79 Å². The summed E-state index contributed by atoms with van der Waals surface area (Å²) in [6.45, 7) is 0. The minimum atomic E-state index is -1.01. The fourth-order valence-corrected chi connectivity index (χ4v) is 1.03. The number of hydrogen-bond acceptors (Lipinski definition) is 2. The standard InChI is InChI=1S/C9H8ClNO2/c10-7-2-3-8(11)6(5-7)1-4-9(12)13/h1-5H,11H2,(H,12,13)/b4-1+. The lowest BCUT2D eigenvalue weighted by atomic mass is 10.1. The Bertz CT molecular complexity index is 361. The Hall–Kier alpha value is -1.48. The third kappa shape index (κ3) is 2.80. The summed E-state index contributed by atoms with van der Waals surface area (Å²) in [6, 6.07) is 4.88. The smallest absolute Gasteiger partial charge is 0.328 e. The summed E-state index contributed by atoms with van der Waals surface area (Å²) in [5.74, 6) is -1.01. The van der Waals surface area contributed by atoms with Gasteiger partial charge < -0.3 is 10.8 Å². The van der Waals surface area contributed by atoms with E-state index in [4.69, 9.17) is 22.4 Å². The van der Waals surface area contributed by atoms with Crippen LogP contribution in [0.4, 0.5) is 5.69 Å². The minimum Gasteiger partial charge on any atom is -0.478 e. The summed E-state index contributed by atoms with van der Waals surface area (Å²) in [5.41, 5.74) is 6.68. The molecule has 0 saturated heterocycles. The molecule has 3 N–H and O–H groups in total. The van der Waals surface area contributed by atoms with Crippen LogP contribution >= 0.6 is 11.6 Å². The molecule has 0 fully saturated rings. The van der Waals surface area contributed by atoms with E-state index >= 15 is 0 Å². The maximum atomic E-state index is 10.2. The van der Waals surface area contributed by atoms with Gasteiger partial charge in [0, 0.05) is 16.8 Å². The van der Waals surface area contributed by atoms with Crippen LogP contribution in [0.15, 0.2) is 24.3 Å². The van der Waals surface area contributed by atoms with Crippen molar-refractivity contribution in [3.63, 3.8) is 0 Å². The number of benzene rings is 1. The number of hydrogen-bond donors (Lipinski definition) is 2. The van der Waals surface area contributed by atoms with Gasteiger partial charge in [-0.3, -0.25) is 0 Å². The minimum absolute atomic E-state index is 0.502. The summed E-state index contributed by atoms with van der Waals surface area (Å²) in [7, 11) is 0. The second-order valence-electron chi connectivity index (χ2n) is 2.44. The van der Waals surface area contributed by atoms with Crippen molar-refractivity contribution in [3.8, 4) is 0 Å². The number of carbonyl (C=O) groups is 1. The van der Waals surface area contributed by atoms with Crippen LogP contribution in [0.2, 0.25) is 5.02 Å². The highest BCUT2D eigenvalue weighted by Gasteiger charge is 1.96. The SMILES string of the molecule is Nc1ccc(Cl)cc1/C=C/C(=O)O. The predicted molar refractivity (Wildman–Crippen MR) is 52.5 cm³/mol. The van der Waals surface area contributed by atoms with Gasteiger partial charge in [-0.2, -0.15) is 0 Å². The van der Waals surface area contributed by atoms with Gasteiger partial charge in [0.25, 0.3) is 0 Å². The number of carboxylic acids is 1. The van der Waals surface area contributed by atoms with Gasteiger partial charge in [0.15, 0.2) is 0 Å². The Morgan fingerprint density at radius 3 is 2.85 bits per heavy atom. The Labute approximate surface area is 80.4 Å². The number of anilines is 1. The fraction of sp³-hybridized carbons (Fsp3) is 0. The third-order valence-electron chi connectivity index (χ3n) is 1.45. The maximum absolute atomic E-state index is 10.2. The molecule has 0 aliphatic heterocycles. The van der Waals surface area contributed by atoms with Crippen molar-refractivity contribution in [3.05, 3.63) is 34.9 Å². The summed E-state index contributed by atoms with van der Waals surface area (Å²) < 4.78 is 0.